The standard InChI is InChI=1S/C20H22N2O5/c23-18(21-12-13-6-5-11-27-13)16-9-3-4-10-17(16)22-19(24)14-7-1-2-8-15(14)20(25)26/h3-6,9-11,14-15H,1-2,7-8,12H2,(H,21,23)(H,22,24)(H,25,26). The number of benzene rings is 1. The van der Waals surface area contributed by atoms with E-state index in [0.717, 1.165) is 12.8 Å². The predicted molar refractivity (Wildman–Crippen MR) is 98.0 cm³/mol. The first-order valence-corrected chi connectivity index (χ1v) is 8.99. The van der Waals surface area contributed by atoms with Crippen LogP contribution in [0, 0.1) is 11.8 Å². The summed E-state index contributed by atoms with van der Waals surface area (Å²) in [5.41, 5.74) is 0.689. The van der Waals surface area contributed by atoms with Crippen LogP contribution >= 0.6 is 0 Å². The number of carboxylic acids is 1. The molecular weight excluding hydrogens is 348 g/mol. The van der Waals surface area contributed by atoms with Gasteiger partial charge >= 0.3 is 5.97 Å². The molecule has 7 nitrogen and oxygen atoms in total. The van der Waals surface area contributed by atoms with Gasteiger partial charge in [0.15, 0.2) is 0 Å². The number of hydrogen-bond donors (Lipinski definition) is 3. The van der Waals surface area contributed by atoms with Crippen LogP contribution in [0.4, 0.5) is 5.69 Å². The summed E-state index contributed by atoms with van der Waals surface area (Å²) in [7, 11) is 0. The Bertz CT molecular complexity index is 816. The highest BCUT2D eigenvalue weighted by molar-refractivity contribution is 6.04. The molecular formula is C20H22N2O5. The largest absolute Gasteiger partial charge is 0.481 e. The summed E-state index contributed by atoms with van der Waals surface area (Å²) in [5.74, 6) is -2.29. The average Bonchev–Trinajstić information content (AvgIpc) is 3.20. The lowest BCUT2D eigenvalue weighted by Crippen LogP contribution is -2.36. The normalized spacial score (nSPS) is 19.3. The number of anilines is 1. The fourth-order valence-electron chi connectivity index (χ4n) is 3.43. The van der Waals surface area contributed by atoms with Crippen molar-refractivity contribution < 1.29 is 23.9 Å². The van der Waals surface area contributed by atoms with Gasteiger partial charge in [-0.2, -0.15) is 0 Å². The van der Waals surface area contributed by atoms with Crippen LogP contribution in [-0.2, 0) is 16.1 Å². The first-order chi connectivity index (χ1) is 13.1. The third kappa shape index (κ3) is 4.55. The number of aliphatic carboxylic acids is 1. The number of furan rings is 1. The molecule has 0 radical (unpaired) electrons. The zero-order chi connectivity index (χ0) is 19.2. The molecule has 1 fully saturated rings. The van der Waals surface area contributed by atoms with Gasteiger partial charge in [-0.05, 0) is 37.1 Å². The minimum Gasteiger partial charge on any atom is -0.481 e. The minimum absolute atomic E-state index is 0.234. The number of nitrogens with one attached hydrogen (secondary N) is 2. The molecule has 0 spiro atoms. The molecule has 1 aliphatic rings. The lowest BCUT2D eigenvalue weighted by molar-refractivity contribution is -0.147. The van der Waals surface area contributed by atoms with Gasteiger partial charge in [0.05, 0.1) is 35.9 Å². The summed E-state index contributed by atoms with van der Waals surface area (Å²) in [6, 6.07) is 10.2. The number of rotatable bonds is 6. The number of hydrogen-bond acceptors (Lipinski definition) is 4. The molecule has 1 aliphatic carbocycles. The second kappa shape index (κ2) is 8.53. The van der Waals surface area contributed by atoms with Crippen LogP contribution in [0.5, 0.6) is 0 Å². The Labute approximate surface area is 156 Å². The number of amides is 2. The summed E-state index contributed by atoms with van der Waals surface area (Å²) < 4.78 is 5.19. The molecule has 142 valence electrons. The molecule has 3 N–H and O–H groups in total. The van der Waals surface area contributed by atoms with Gasteiger partial charge in [0.25, 0.3) is 5.91 Å². The minimum atomic E-state index is -0.945. The lowest BCUT2D eigenvalue weighted by atomic mass is 9.78. The maximum absolute atomic E-state index is 12.7. The topological polar surface area (TPSA) is 109 Å². The lowest BCUT2D eigenvalue weighted by Gasteiger charge is -2.27. The van der Waals surface area contributed by atoms with E-state index < -0.39 is 17.8 Å². The van der Waals surface area contributed by atoms with E-state index in [-0.39, 0.29) is 18.4 Å². The van der Waals surface area contributed by atoms with Crippen LogP contribution in [0.2, 0.25) is 0 Å². The molecule has 1 aromatic heterocycles. The monoisotopic (exact) mass is 370 g/mol. The van der Waals surface area contributed by atoms with Gasteiger partial charge in [0, 0.05) is 0 Å². The van der Waals surface area contributed by atoms with Crippen molar-refractivity contribution in [3.05, 3.63) is 54.0 Å². The first-order valence-electron chi connectivity index (χ1n) is 8.99. The van der Waals surface area contributed by atoms with Gasteiger partial charge in [-0.15, -0.1) is 0 Å². The van der Waals surface area contributed by atoms with Crippen molar-refractivity contribution in [1.29, 1.82) is 0 Å². The van der Waals surface area contributed by atoms with E-state index in [9.17, 15) is 19.5 Å². The van der Waals surface area contributed by atoms with Crippen LogP contribution in [-0.4, -0.2) is 22.9 Å². The molecule has 2 unspecified atom stereocenters. The van der Waals surface area contributed by atoms with Gasteiger partial charge in [0.2, 0.25) is 5.91 Å². The Hall–Kier alpha value is -3.09. The van der Waals surface area contributed by atoms with Crippen molar-refractivity contribution in [1.82, 2.24) is 5.32 Å². The van der Waals surface area contributed by atoms with E-state index in [1.165, 1.54) is 6.26 Å². The SMILES string of the molecule is O=C(NCc1ccco1)c1ccccc1NC(=O)C1CCCCC1C(=O)O. The maximum atomic E-state index is 12.7. The molecule has 2 aromatic rings. The smallest absolute Gasteiger partial charge is 0.307 e. The average molecular weight is 370 g/mol. The summed E-state index contributed by atoms with van der Waals surface area (Å²) in [6.45, 7) is 0.234. The molecule has 1 saturated carbocycles. The molecule has 1 heterocycles. The summed E-state index contributed by atoms with van der Waals surface area (Å²) in [5, 5.41) is 14.9. The predicted octanol–water partition coefficient (Wildman–Crippen LogP) is 3.04. The van der Waals surface area contributed by atoms with Crippen LogP contribution in [0.25, 0.3) is 0 Å². The zero-order valence-corrected chi connectivity index (χ0v) is 14.8. The molecule has 0 bridgehead atoms. The van der Waals surface area contributed by atoms with Crippen LogP contribution in [0.15, 0.2) is 47.1 Å². The number of carbonyl (C=O) groups excluding carboxylic acids is 2. The molecule has 0 saturated heterocycles. The molecule has 7 heteroatoms. The van der Waals surface area contributed by atoms with Crippen molar-refractivity contribution in [3.8, 4) is 0 Å². The molecule has 2 atom stereocenters. The van der Waals surface area contributed by atoms with E-state index in [1.54, 1.807) is 36.4 Å². The van der Waals surface area contributed by atoms with Gasteiger partial charge in [0.1, 0.15) is 5.76 Å². The van der Waals surface area contributed by atoms with Gasteiger partial charge in [-0.25, -0.2) is 0 Å². The van der Waals surface area contributed by atoms with Crippen molar-refractivity contribution in [2.24, 2.45) is 11.8 Å². The quantitative estimate of drug-likeness (QED) is 0.724. The van der Waals surface area contributed by atoms with Gasteiger partial charge in [-0.1, -0.05) is 25.0 Å². The third-order valence-electron chi connectivity index (χ3n) is 4.85. The molecule has 3 rings (SSSR count). The Morgan fingerprint density at radius 3 is 2.48 bits per heavy atom. The van der Waals surface area contributed by atoms with Gasteiger partial charge < -0.3 is 20.2 Å². The van der Waals surface area contributed by atoms with E-state index >= 15 is 0 Å². The highest BCUT2D eigenvalue weighted by Gasteiger charge is 2.36. The fourth-order valence-corrected chi connectivity index (χ4v) is 3.43. The Morgan fingerprint density at radius 1 is 1.04 bits per heavy atom. The fraction of sp³-hybridized carbons (Fsp3) is 0.350. The molecule has 0 aliphatic heterocycles. The first kappa shape index (κ1) is 18.7. The third-order valence-corrected chi connectivity index (χ3v) is 4.85. The van der Waals surface area contributed by atoms with E-state index in [4.69, 9.17) is 4.42 Å². The van der Waals surface area contributed by atoms with Crippen LogP contribution < -0.4 is 10.6 Å². The molecule has 1 aromatic carbocycles. The van der Waals surface area contributed by atoms with Gasteiger partial charge in [-0.3, -0.25) is 14.4 Å². The molecule has 27 heavy (non-hydrogen) atoms. The van der Waals surface area contributed by atoms with Crippen molar-refractivity contribution in [2.45, 2.75) is 32.2 Å². The maximum Gasteiger partial charge on any atom is 0.307 e. The highest BCUT2D eigenvalue weighted by atomic mass is 16.4. The number of carbonyl (C=O) groups is 3. The summed E-state index contributed by atoms with van der Waals surface area (Å²) in [4.78, 5) is 36.6. The Kier molecular flexibility index (Phi) is 5.90. The Morgan fingerprint density at radius 2 is 1.78 bits per heavy atom. The van der Waals surface area contributed by atoms with E-state index in [0.29, 0.717) is 29.9 Å². The zero-order valence-electron chi connectivity index (χ0n) is 14.8. The second-order valence-corrected chi connectivity index (χ2v) is 6.63. The second-order valence-electron chi connectivity index (χ2n) is 6.63. The summed E-state index contributed by atoms with van der Waals surface area (Å²) >= 11 is 0. The van der Waals surface area contributed by atoms with Crippen molar-refractivity contribution in [3.63, 3.8) is 0 Å². The Balaban J connectivity index is 1.70. The highest BCUT2D eigenvalue weighted by Crippen LogP contribution is 2.31. The molecule has 2 amide bonds. The van der Waals surface area contributed by atoms with E-state index in [1.807, 2.05) is 0 Å². The van der Waals surface area contributed by atoms with Crippen molar-refractivity contribution in [2.75, 3.05) is 5.32 Å². The van der Waals surface area contributed by atoms with Crippen molar-refractivity contribution >= 4 is 23.5 Å². The number of para-hydroxylation sites is 1. The number of carboxylic acid groups (broad SMARTS) is 1. The van der Waals surface area contributed by atoms with Crippen LogP contribution in [0.1, 0.15) is 41.8 Å². The van der Waals surface area contributed by atoms with Crippen LogP contribution in [0.3, 0.4) is 0 Å². The van der Waals surface area contributed by atoms with E-state index in [2.05, 4.69) is 10.6 Å². The summed E-state index contributed by atoms with van der Waals surface area (Å²) in [6.07, 6.45) is 4.20.